The summed E-state index contributed by atoms with van der Waals surface area (Å²) in [4.78, 5) is 12.0. The quantitative estimate of drug-likeness (QED) is 0.754. The maximum absolute atomic E-state index is 12.0. The van der Waals surface area contributed by atoms with Gasteiger partial charge in [-0.25, -0.2) is 0 Å². The van der Waals surface area contributed by atoms with E-state index in [0.29, 0.717) is 16.9 Å². The van der Waals surface area contributed by atoms with Gasteiger partial charge in [0.2, 0.25) is 5.91 Å². The van der Waals surface area contributed by atoms with Crippen molar-refractivity contribution in [2.24, 2.45) is 0 Å². The minimum atomic E-state index is -0.213. The topological polar surface area (TPSA) is 75.3 Å². The number of nitrogens with one attached hydrogen (secondary N) is 1. The average molecular weight is 335 g/mol. The third-order valence-electron chi connectivity index (χ3n) is 2.97. The lowest BCUT2D eigenvalue weighted by Crippen LogP contribution is -2.15. The third-order valence-corrected chi connectivity index (χ3v) is 3.63. The monoisotopic (exact) mass is 334 g/mol. The first kappa shape index (κ1) is 14.4. The molecule has 0 spiro atoms. The lowest BCUT2D eigenvalue weighted by Gasteiger charge is -2.10. The number of phenolic OH excluding ortho intramolecular Hbond substituents is 1. The molecule has 2 rings (SSSR count). The van der Waals surface area contributed by atoms with Crippen molar-refractivity contribution in [2.45, 2.75) is 13.3 Å². The van der Waals surface area contributed by atoms with Gasteiger partial charge < -0.3 is 16.2 Å². The van der Waals surface area contributed by atoms with E-state index in [1.54, 1.807) is 30.3 Å². The Kier molecular flexibility index (Phi) is 4.29. The number of hydrogen-bond acceptors (Lipinski definition) is 3. The summed E-state index contributed by atoms with van der Waals surface area (Å²) in [5.41, 5.74) is 8.59. The molecule has 4 nitrogen and oxygen atoms in total. The van der Waals surface area contributed by atoms with Gasteiger partial charge in [-0.3, -0.25) is 4.79 Å². The first-order valence-electron chi connectivity index (χ1n) is 6.09. The van der Waals surface area contributed by atoms with Crippen LogP contribution in [0.4, 0.5) is 11.4 Å². The molecule has 0 saturated carbocycles. The minimum absolute atomic E-state index is 0.104. The zero-order valence-electron chi connectivity index (χ0n) is 11.0. The van der Waals surface area contributed by atoms with Crippen LogP contribution in [0.15, 0.2) is 40.9 Å². The molecule has 0 aromatic heterocycles. The van der Waals surface area contributed by atoms with Gasteiger partial charge in [-0.1, -0.05) is 18.2 Å². The van der Waals surface area contributed by atoms with Crippen LogP contribution in [0.3, 0.4) is 0 Å². The van der Waals surface area contributed by atoms with Crippen LogP contribution >= 0.6 is 15.9 Å². The number of aromatic hydroxyl groups is 1. The number of anilines is 2. The molecule has 0 fully saturated rings. The number of benzene rings is 2. The van der Waals surface area contributed by atoms with Crippen molar-refractivity contribution in [2.75, 3.05) is 11.1 Å². The molecule has 2 aromatic rings. The molecule has 0 saturated heterocycles. The van der Waals surface area contributed by atoms with Crippen LogP contribution < -0.4 is 11.1 Å². The number of nitrogen functional groups attached to an aromatic ring is 1. The highest BCUT2D eigenvalue weighted by molar-refractivity contribution is 9.10. The van der Waals surface area contributed by atoms with E-state index in [9.17, 15) is 9.90 Å². The maximum Gasteiger partial charge on any atom is 0.228 e. The molecule has 0 aliphatic carbocycles. The van der Waals surface area contributed by atoms with E-state index in [2.05, 4.69) is 21.2 Å². The summed E-state index contributed by atoms with van der Waals surface area (Å²) in [6.45, 7) is 1.90. The molecule has 2 aromatic carbocycles. The summed E-state index contributed by atoms with van der Waals surface area (Å²) in [5.74, 6) is -0.0967. The smallest absolute Gasteiger partial charge is 0.228 e. The fraction of sp³-hybridized carbons (Fsp3) is 0.133. The summed E-state index contributed by atoms with van der Waals surface area (Å²) in [6.07, 6.45) is 0.104. The number of carbonyl (C=O) groups is 1. The Morgan fingerprint density at radius 3 is 2.75 bits per heavy atom. The van der Waals surface area contributed by atoms with Gasteiger partial charge in [-0.2, -0.15) is 0 Å². The van der Waals surface area contributed by atoms with Gasteiger partial charge in [-0.15, -0.1) is 0 Å². The minimum Gasteiger partial charge on any atom is -0.508 e. The molecule has 20 heavy (non-hydrogen) atoms. The van der Waals surface area contributed by atoms with E-state index in [-0.39, 0.29) is 18.1 Å². The Morgan fingerprint density at radius 1 is 1.35 bits per heavy atom. The zero-order valence-corrected chi connectivity index (χ0v) is 12.6. The molecule has 0 aliphatic rings. The number of carbonyl (C=O) groups excluding carboxylic acids is 1. The van der Waals surface area contributed by atoms with Crippen LogP contribution in [0.5, 0.6) is 5.75 Å². The molecule has 5 heteroatoms. The maximum atomic E-state index is 12.0. The Balaban J connectivity index is 2.13. The van der Waals surface area contributed by atoms with E-state index in [1.165, 1.54) is 0 Å². The van der Waals surface area contributed by atoms with Gasteiger partial charge in [0, 0.05) is 15.7 Å². The highest BCUT2D eigenvalue weighted by Gasteiger charge is 2.10. The second-order valence-electron chi connectivity index (χ2n) is 4.54. The predicted octanol–water partition coefficient (Wildman–Crippen LogP) is 3.23. The summed E-state index contributed by atoms with van der Waals surface area (Å²) in [7, 11) is 0. The van der Waals surface area contributed by atoms with Crippen molar-refractivity contribution in [1.82, 2.24) is 0 Å². The molecule has 0 radical (unpaired) electrons. The van der Waals surface area contributed by atoms with Crippen LogP contribution in [0.1, 0.15) is 11.1 Å². The van der Waals surface area contributed by atoms with Crippen molar-refractivity contribution in [3.63, 3.8) is 0 Å². The molecule has 0 atom stereocenters. The predicted molar refractivity (Wildman–Crippen MR) is 83.7 cm³/mol. The number of hydrogen-bond donors (Lipinski definition) is 3. The Labute approximate surface area is 125 Å². The summed E-state index contributed by atoms with van der Waals surface area (Å²) in [5, 5.41) is 12.4. The standard InChI is InChI=1S/C15H15BrN2O2/c1-9-6-11(16)13(8-12(9)17)18-15(20)7-10-4-2-3-5-14(10)19/h2-6,8,19H,7,17H2,1H3,(H,18,20). The number of amides is 1. The Morgan fingerprint density at radius 2 is 2.05 bits per heavy atom. The lowest BCUT2D eigenvalue weighted by molar-refractivity contribution is -0.115. The highest BCUT2D eigenvalue weighted by atomic mass is 79.9. The van der Waals surface area contributed by atoms with Gasteiger partial charge in [0.05, 0.1) is 12.1 Å². The summed E-state index contributed by atoms with van der Waals surface area (Å²) in [6, 6.07) is 10.3. The fourth-order valence-electron chi connectivity index (χ4n) is 1.81. The summed E-state index contributed by atoms with van der Waals surface area (Å²) >= 11 is 3.39. The van der Waals surface area contributed by atoms with Crippen LogP contribution in [0.2, 0.25) is 0 Å². The second-order valence-corrected chi connectivity index (χ2v) is 5.40. The molecule has 0 bridgehead atoms. The van der Waals surface area contributed by atoms with Crippen LogP contribution in [-0.2, 0) is 11.2 Å². The number of nitrogens with two attached hydrogens (primary N) is 1. The van der Waals surface area contributed by atoms with Crippen molar-refractivity contribution in [3.05, 3.63) is 52.0 Å². The number of phenols is 1. The number of aryl methyl sites for hydroxylation is 1. The molecule has 4 N–H and O–H groups in total. The molecule has 0 unspecified atom stereocenters. The lowest BCUT2D eigenvalue weighted by atomic mass is 10.1. The van der Waals surface area contributed by atoms with Crippen molar-refractivity contribution in [1.29, 1.82) is 0 Å². The SMILES string of the molecule is Cc1cc(Br)c(NC(=O)Cc2ccccc2O)cc1N. The van der Waals surface area contributed by atoms with E-state index in [4.69, 9.17) is 5.73 Å². The van der Waals surface area contributed by atoms with Crippen LogP contribution in [-0.4, -0.2) is 11.0 Å². The van der Waals surface area contributed by atoms with E-state index in [0.717, 1.165) is 10.0 Å². The molecule has 0 aliphatic heterocycles. The van der Waals surface area contributed by atoms with Gasteiger partial charge >= 0.3 is 0 Å². The van der Waals surface area contributed by atoms with E-state index in [1.807, 2.05) is 13.0 Å². The first-order valence-corrected chi connectivity index (χ1v) is 6.89. The fourth-order valence-corrected chi connectivity index (χ4v) is 2.37. The Bertz CT molecular complexity index is 656. The van der Waals surface area contributed by atoms with Crippen LogP contribution in [0, 0.1) is 6.92 Å². The molecule has 1 amide bonds. The van der Waals surface area contributed by atoms with Gasteiger partial charge in [0.25, 0.3) is 0 Å². The Hall–Kier alpha value is -2.01. The summed E-state index contributed by atoms with van der Waals surface area (Å²) < 4.78 is 0.773. The highest BCUT2D eigenvalue weighted by Crippen LogP contribution is 2.28. The number of rotatable bonds is 3. The van der Waals surface area contributed by atoms with Crippen molar-refractivity contribution < 1.29 is 9.90 Å². The van der Waals surface area contributed by atoms with Gasteiger partial charge in [0.1, 0.15) is 5.75 Å². The van der Waals surface area contributed by atoms with Crippen molar-refractivity contribution in [3.8, 4) is 5.75 Å². The molecular weight excluding hydrogens is 320 g/mol. The van der Waals surface area contributed by atoms with Crippen molar-refractivity contribution >= 4 is 33.2 Å². The first-order chi connectivity index (χ1) is 9.47. The molecule has 104 valence electrons. The second kappa shape index (κ2) is 5.96. The average Bonchev–Trinajstić information content (AvgIpc) is 2.39. The third kappa shape index (κ3) is 3.30. The number of para-hydroxylation sites is 1. The van der Waals surface area contributed by atoms with Gasteiger partial charge in [-0.05, 0) is 46.6 Å². The van der Waals surface area contributed by atoms with E-state index >= 15 is 0 Å². The number of halogens is 1. The largest absolute Gasteiger partial charge is 0.508 e. The normalized spacial score (nSPS) is 10.3. The van der Waals surface area contributed by atoms with Gasteiger partial charge in [0.15, 0.2) is 0 Å². The molecule has 0 heterocycles. The molecular formula is C15H15BrN2O2. The van der Waals surface area contributed by atoms with E-state index < -0.39 is 0 Å². The zero-order chi connectivity index (χ0) is 14.7. The van der Waals surface area contributed by atoms with Crippen LogP contribution in [0.25, 0.3) is 0 Å².